The summed E-state index contributed by atoms with van der Waals surface area (Å²) in [6.45, 7) is 10.2. The second-order valence-electron chi connectivity index (χ2n) is 9.77. The van der Waals surface area contributed by atoms with Crippen LogP contribution in [0.4, 0.5) is 0 Å². The zero-order valence-corrected chi connectivity index (χ0v) is 21.3. The third-order valence-corrected chi connectivity index (χ3v) is 6.30. The highest BCUT2D eigenvalue weighted by Crippen LogP contribution is 2.44. The zero-order valence-electron chi connectivity index (χ0n) is 21.3. The summed E-state index contributed by atoms with van der Waals surface area (Å²) in [6.07, 6.45) is 9.02. The molecule has 186 valence electrons. The maximum Gasteiger partial charge on any atom is 0.181 e. The van der Waals surface area contributed by atoms with Crippen molar-refractivity contribution < 1.29 is 24.9 Å². The fraction of sp³-hybridized carbons (Fsp3) is 0.367. The van der Waals surface area contributed by atoms with Crippen molar-refractivity contribution in [2.75, 3.05) is 6.61 Å². The summed E-state index contributed by atoms with van der Waals surface area (Å²) >= 11 is 0. The number of carbonyl (C=O) groups is 1. The minimum atomic E-state index is -0.615. The molecule has 5 nitrogen and oxygen atoms in total. The van der Waals surface area contributed by atoms with Gasteiger partial charge in [0, 0.05) is 11.6 Å². The first kappa shape index (κ1) is 26.1. The summed E-state index contributed by atoms with van der Waals surface area (Å²) in [5.41, 5.74) is 5.45. The highest BCUT2D eigenvalue weighted by atomic mass is 16.5. The number of hydrogen-bond donors (Lipinski definition) is 3. The van der Waals surface area contributed by atoms with E-state index in [-0.39, 0.29) is 41.0 Å². The molecule has 0 aliphatic carbocycles. The molecule has 1 atom stereocenters. The fourth-order valence-corrected chi connectivity index (χ4v) is 4.16. The Hall–Kier alpha value is -3.47. The SMILES string of the molecule is CC(C)=CCC/C(C)=C/Cc1cc([C@@H]2COc3cc(O)c(CC=C(C)C)c(O)c3C2=O)ccc1O. The molecule has 0 unspecified atom stereocenters. The molecule has 1 aliphatic heterocycles. The number of aromatic hydroxyl groups is 3. The summed E-state index contributed by atoms with van der Waals surface area (Å²) in [7, 11) is 0. The van der Waals surface area contributed by atoms with Crippen molar-refractivity contribution in [1.82, 2.24) is 0 Å². The summed E-state index contributed by atoms with van der Waals surface area (Å²) in [4.78, 5) is 13.5. The van der Waals surface area contributed by atoms with Crippen molar-refractivity contribution in [2.45, 2.75) is 66.2 Å². The second kappa shape index (κ2) is 11.3. The average molecular weight is 477 g/mol. The number of benzene rings is 2. The van der Waals surface area contributed by atoms with E-state index in [0.29, 0.717) is 18.4 Å². The number of hydrogen-bond acceptors (Lipinski definition) is 5. The Morgan fingerprint density at radius 2 is 1.66 bits per heavy atom. The molecule has 1 heterocycles. The lowest BCUT2D eigenvalue weighted by molar-refractivity contribution is 0.0891. The Balaban J connectivity index is 1.86. The van der Waals surface area contributed by atoms with Crippen LogP contribution in [0.15, 0.2) is 59.2 Å². The third-order valence-electron chi connectivity index (χ3n) is 6.30. The van der Waals surface area contributed by atoms with E-state index in [1.54, 1.807) is 12.1 Å². The highest BCUT2D eigenvalue weighted by Gasteiger charge is 2.35. The molecule has 0 spiro atoms. The van der Waals surface area contributed by atoms with E-state index in [0.717, 1.165) is 29.5 Å². The van der Waals surface area contributed by atoms with Crippen molar-refractivity contribution in [3.63, 3.8) is 0 Å². The van der Waals surface area contributed by atoms with Crippen molar-refractivity contribution in [1.29, 1.82) is 0 Å². The van der Waals surface area contributed by atoms with E-state index in [9.17, 15) is 20.1 Å². The standard InChI is InChI=1S/C30H36O5/c1-18(2)7-6-8-20(5)10-11-22-15-21(12-14-25(22)31)24-17-35-27-16-26(32)23(13-9-19(3)4)29(33)28(27)30(24)34/h7,9-10,12,14-16,24,31-33H,6,8,11,13,17H2,1-5H3/b20-10+/t24-/m0/s1. The molecule has 0 fully saturated rings. The molecule has 0 aromatic heterocycles. The van der Waals surface area contributed by atoms with E-state index in [4.69, 9.17) is 4.74 Å². The van der Waals surface area contributed by atoms with E-state index in [1.165, 1.54) is 17.2 Å². The van der Waals surface area contributed by atoms with Crippen LogP contribution < -0.4 is 4.74 Å². The molecule has 2 aromatic carbocycles. The number of ketones is 1. The monoisotopic (exact) mass is 476 g/mol. The second-order valence-corrected chi connectivity index (χ2v) is 9.77. The van der Waals surface area contributed by atoms with Crippen molar-refractivity contribution in [3.05, 3.63) is 81.5 Å². The van der Waals surface area contributed by atoms with Gasteiger partial charge in [0.15, 0.2) is 5.78 Å². The molecule has 0 saturated carbocycles. The number of rotatable bonds is 8. The fourth-order valence-electron chi connectivity index (χ4n) is 4.16. The molecule has 0 saturated heterocycles. The maximum atomic E-state index is 13.5. The first-order valence-corrected chi connectivity index (χ1v) is 12.1. The lowest BCUT2D eigenvalue weighted by Crippen LogP contribution is -2.26. The van der Waals surface area contributed by atoms with Crippen LogP contribution in [0.3, 0.4) is 0 Å². The number of phenols is 3. The molecule has 35 heavy (non-hydrogen) atoms. The minimum Gasteiger partial charge on any atom is -0.508 e. The molecule has 0 radical (unpaired) electrons. The Kier molecular flexibility index (Phi) is 8.44. The van der Waals surface area contributed by atoms with E-state index < -0.39 is 5.92 Å². The quantitative estimate of drug-likeness (QED) is 0.361. The van der Waals surface area contributed by atoms with Crippen molar-refractivity contribution >= 4 is 5.78 Å². The van der Waals surface area contributed by atoms with Gasteiger partial charge < -0.3 is 20.1 Å². The molecule has 2 aromatic rings. The highest BCUT2D eigenvalue weighted by molar-refractivity contribution is 6.07. The lowest BCUT2D eigenvalue weighted by atomic mass is 9.86. The largest absolute Gasteiger partial charge is 0.508 e. The predicted octanol–water partition coefficient (Wildman–Crippen LogP) is 6.91. The number of allylic oxidation sites excluding steroid dienone is 6. The minimum absolute atomic E-state index is 0.0938. The summed E-state index contributed by atoms with van der Waals surface area (Å²) in [6, 6.07) is 6.58. The van der Waals surface area contributed by atoms with Crippen LogP contribution in [0, 0.1) is 0 Å². The van der Waals surface area contributed by atoms with Crippen LogP contribution in [-0.4, -0.2) is 27.7 Å². The maximum absolute atomic E-state index is 13.5. The number of fused-ring (bicyclic) bond motifs is 1. The van der Waals surface area contributed by atoms with Gasteiger partial charge in [-0.1, -0.05) is 47.1 Å². The number of carbonyl (C=O) groups excluding carboxylic acids is 1. The smallest absolute Gasteiger partial charge is 0.181 e. The van der Waals surface area contributed by atoms with Gasteiger partial charge in [-0.15, -0.1) is 0 Å². The molecule has 0 bridgehead atoms. The molecule has 3 N–H and O–H groups in total. The van der Waals surface area contributed by atoms with Gasteiger partial charge in [0.1, 0.15) is 35.2 Å². The van der Waals surface area contributed by atoms with Gasteiger partial charge >= 0.3 is 0 Å². The molecule has 5 heteroatoms. The summed E-state index contributed by atoms with van der Waals surface area (Å²) in [5.74, 6) is -0.826. The van der Waals surface area contributed by atoms with Crippen LogP contribution >= 0.6 is 0 Å². The lowest BCUT2D eigenvalue weighted by Gasteiger charge is -2.26. The topological polar surface area (TPSA) is 87.0 Å². The molecule has 0 amide bonds. The Morgan fingerprint density at radius 3 is 2.34 bits per heavy atom. The van der Waals surface area contributed by atoms with Gasteiger partial charge in [0.25, 0.3) is 0 Å². The van der Waals surface area contributed by atoms with E-state index in [1.807, 2.05) is 26.0 Å². The van der Waals surface area contributed by atoms with Crippen molar-refractivity contribution in [3.8, 4) is 23.0 Å². The van der Waals surface area contributed by atoms with Gasteiger partial charge in [-0.25, -0.2) is 0 Å². The normalized spacial score (nSPS) is 15.3. The number of ether oxygens (including phenoxy) is 1. The molecule has 3 rings (SSSR count). The number of Topliss-reactive ketones (excluding diaryl/α,β-unsaturated/α-hetero) is 1. The molecule has 1 aliphatic rings. The summed E-state index contributed by atoms with van der Waals surface area (Å²) in [5, 5.41) is 31.6. The van der Waals surface area contributed by atoms with Gasteiger partial charge in [-0.3, -0.25) is 4.79 Å². The Bertz CT molecular complexity index is 1190. The average Bonchev–Trinajstić information content (AvgIpc) is 2.78. The first-order chi connectivity index (χ1) is 16.6. The van der Waals surface area contributed by atoms with E-state index >= 15 is 0 Å². The van der Waals surface area contributed by atoms with Gasteiger partial charge in [-0.05, 0) is 77.5 Å². The van der Waals surface area contributed by atoms with Crippen LogP contribution in [0.5, 0.6) is 23.0 Å². The Morgan fingerprint density at radius 1 is 0.943 bits per heavy atom. The number of phenolic OH excluding ortho intramolecular Hbond substituents is 3. The van der Waals surface area contributed by atoms with Crippen LogP contribution in [0.2, 0.25) is 0 Å². The first-order valence-electron chi connectivity index (χ1n) is 12.1. The van der Waals surface area contributed by atoms with Crippen LogP contribution in [0.25, 0.3) is 0 Å². The predicted molar refractivity (Wildman–Crippen MR) is 140 cm³/mol. The summed E-state index contributed by atoms with van der Waals surface area (Å²) < 4.78 is 5.80. The van der Waals surface area contributed by atoms with Gasteiger partial charge in [0.05, 0.1) is 5.92 Å². The van der Waals surface area contributed by atoms with E-state index in [2.05, 4.69) is 32.9 Å². The van der Waals surface area contributed by atoms with Gasteiger partial charge in [0.2, 0.25) is 0 Å². The van der Waals surface area contributed by atoms with Gasteiger partial charge in [-0.2, -0.15) is 0 Å². The van der Waals surface area contributed by atoms with Crippen molar-refractivity contribution in [2.24, 2.45) is 0 Å². The Labute approximate surface area is 208 Å². The zero-order chi connectivity index (χ0) is 25.7. The van der Waals surface area contributed by atoms with Crippen LogP contribution in [0.1, 0.15) is 80.4 Å². The third kappa shape index (κ3) is 6.36. The molecular formula is C30H36O5. The van der Waals surface area contributed by atoms with Crippen LogP contribution in [-0.2, 0) is 12.8 Å². The molecular weight excluding hydrogens is 440 g/mol.